The number of hydrazone groups is 1. The molecule has 1 aliphatic carbocycles. The number of hydrogen-bond acceptors (Lipinski definition) is 4. The average Bonchev–Trinajstić information content (AvgIpc) is 2.93. The molecule has 0 amide bonds. The van der Waals surface area contributed by atoms with Crippen LogP contribution in [0.1, 0.15) is 30.7 Å². The number of benzene rings is 1. The maximum Gasteiger partial charge on any atom is 0.210 e. The van der Waals surface area contributed by atoms with Crippen LogP contribution in [-0.4, -0.2) is 22.8 Å². The van der Waals surface area contributed by atoms with Crippen molar-refractivity contribution in [3.05, 3.63) is 46.0 Å². The van der Waals surface area contributed by atoms with Gasteiger partial charge in [-0.15, -0.1) is 0 Å². The molecule has 1 fully saturated rings. The largest absolute Gasteiger partial charge is 0.375 e. The minimum Gasteiger partial charge on any atom is -0.375 e. The predicted octanol–water partition coefficient (Wildman–Crippen LogP) is 2.28. The van der Waals surface area contributed by atoms with Gasteiger partial charge >= 0.3 is 0 Å². The maximum atomic E-state index is 11.1. The molecule has 118 valence electrons. The Hall–Kier alpha value is -2.02. The molecule has 1 aromatic rings. The van der Waals surface area contributed by atoms with E-state index in [1.165, 1.54) is 0 Å². The lowest BCUT2D eigenvalue weighted by atomic mass is 9.80. The van der Waals surface area contributed by atoms with Crippen LogP contribution in [-0.2, 0) is 0 Å². The Morgan fingerprint density at radius 1 is 1.50 bits per heavy atom. The number of nitrogens with two attached hydrogens (primary N) is 1. The van der Waals surface area contributed by atoms with E-state index in [2.05, 4.69) is 10.5 Å². The summed E-state index contributed by atoms with van der Waals surface area (Å²) >= 11 is 4.71. The van der Waals surface area contributed by atoms with E-state index in [1.54, 1.807) is 6.21 Å². The molecule has 0 aromatic heterocycles. The average molecular weight is 320 g/mol. The summed E-state index contributed by atoms with van der Waals surface area (Å²) in [5, 5.41) is 15.2. The van der Waals surface area contributed by atoms with Gasteiger partial charge < -0.3 is 5.73 Å². The zero-order valence-corrected chi connectivity index (χ0v) is 13.0. The minimum absolute atomic E-state index is 0.0538. The number of nitrogens with zero attached hydrogens (tertiary/aromatic N) is 2. The van der Waals surface area contributed by atoms with Crippen molar-refractivity contribution in [1.82, 2.24) is 5.43 Å². The zero-order chi connectivity index (χ0) is 15.9. The van der Waals surface area contributed by atoms with Crippen molar-refractivity contribution in [2.45, 2.75) is 25.2 Å². The smallest absolute Gasteiger partial charge is 0.210 e. The summed E-state index contributed by atoms with van der Waals surface area (Å²) in [5.74, 6) is 0.316. The summed E-state index contributed by atoms with van der Waals surface area (Å²) in [6.07, 6.45) is 4.80. The monoisotopic (exact) mass is 320 g/mol. The van der Waals surface area contributed by atoms with Crippen LogP contribution >= 0.6 is 12.2 Å². The minimum atomic E-state index is -0.225. The van der Waals surface area contributed by atoms with Crippen molar-refractivity contribution in [3.63, 3.8) is 0 Å². The quantitative estimate of drug-likeness (QED) is 0.363. The number of thiocarbonyl (C=S) groups is 1. The Labute approximate surface area is 134 Å². The molecule has 6 nitrogen and oxygen atoms in total. The van der Waals surface area contributed by atoms with Crippen LogP contribution in [0.25, 0.3) is 0 Å². The van der Waals surface area contributed by atoms with Gasteiger partial charge in [0.05, 0.1) is 5.92 Å². The fourth-order valence-electron chi connectivity index (χ4n) is 3.25. The van der Waals surface area contributed by atoms with Gasteiger partial charge in [0.2, 0.25) is 6.54 Å². The van der Waals surface area contributed by atoms with E-state index in [9.17, 15) is 10.1 Å². The topological polar surface area (TPSA) is 93.5 Å². The van der Waals surface area contributed by atoms with E-state index in [0.717, 1.165) is 24.8 Å². The Balaban J connectivity index is 2.16. The molecular weight excluding hydrogens is 300 g/mol. The van der Waals surface area contributed by atoms with E-state index in [4.69, 9.17) is 18.0 Å². The Kier molecular flexibility index (Phi) is 5.83. The van der Waals surface area contributed by atoms with Crippen molar-refractivity contribution in [2.75, 3.05) is 6.54 Å². The second kappa shape index (κ2) is 7.84. The van der Waals surface area contributed by atoms with Crippen molar-refractivity contribution < 1.29 is 4.92 Å². The highest BCUT2D eigenvalue weighted by molar-refractivity contribution is 7.80. The molecule has 0 spiro atoms. The molecule has 0 heterocycles. The van der Waals surface area contributed by atoms with Crippen LogP contribution in [0.4, 0.5) is 0 Å². The van der Waals surface area contributed by atoms with Crippen LogP contribution in [0, 0.1) is 22.0 Å². The number of rotatable bonds is 6. The van der Waals surface area contributed by atoms with Crippen LogP contribution in [0.2, 0.25) is 0 Å². The standard InChI is InChI=1S/C15H20N4O2S/c16-15(22)18-17-9-12-7-4-8-13(12)14(10-19(20)21)11-5-2-1-3-6-11/h1-3,5-6,9,12-14H,4,7-8,10H2,(H3,16,18,22)/b17-9+/t12-,13+,14-/m0/s1. The molecule has 7 heteroatoms. The van der Waals surface area contributed by atoms with Gasteiger partial charge in [0.25, 0.3) is 0 Å². The normalized spacial score (nSPS) is 22.5. The molecule has 0 saturated heterocycles. The van der Waals surface area contributed by atoms with Crippen molar-refractivity contribution >= 4 is 23.5 Å². The van der Waals surface area contributed by atoms with Gasteiger partial charge in [0, 0.05) is 11.1 Å². The lowest BCUT2D eigenvalue weighted by Crippen LogP contribution is -2.27. The molecule has 1 saturated carbocycles. The zero-order valence-electron chi connectivity index (χ0n) is 12.2. The Bertz CT molecular complexity index is 550. The third-order valence-corrected chi connectivity index (χ3v) is 4.25. The number of nitrogens with one attached hydrogen (secondary N) is 1. The molecule has 1 aromatic carbocycles. The highest BCUT2D eigenvalue weighted by Gasteiger charge is 2.36. The molecule has 2 rings (SSSR count). The number of hydrogen-bond donors (Lipinski definition) is 2. The molecule has 22 heavy (non-hydrogen) atoms. The molecule has 1 aliphatic rings. The molecule has 3 N–H and O–H groups in total. The van der Waals surface area contributed by atoms with E-state index in [1.807, 2.05) is 30.3 Å². The first-order valence-electron chi connectivity index (χ1n) is 7.33. The first-order chi connectivity index (χ1) is 10.6. The van der Waals surface area contributed by atoms with E-state index in [-0.39, 0.29) is 34.3 Å². The van der Waals surface area contributed by atoms with Crippen molar-refractivity contribution in [1.29, 1.82) is 0 Å². The molecule has 3 atom stereocenters. The SMILES string of the molecule is NC(=S)N/N=C/[C@@H]1CCC[C@H]1[C@@H](C[N+](=O)[O-])c1ccccc1. The van der Waals surface area contributed by atoms with Gasteiger partial charge in [-0.1, -0.05) is 36.8 Å². The fraction of sp³-hybridized carbons (Fsp3) is 0.467. The van der Waals surface area contributed by atoms with Gasteiger partial charge in [-0.2, -0.15) is 5.10 Å². The summed E-state index contributed by atoms with van der Waals surface area (Å²) in [6.45, 7) is -0.0538. The summed E-state index contributed by atoms with van der Waals surface area (Å²) in [7, 11) is 0. The first-order valence-corrected chi connectivity index (χ1v) is 7.74. The first kappa shape index (κ1) is 16.4. The van der Waals surface area contributed by atoms with E-state index in [0.29, 0.717) is 0 Å². The fourth-order valence-corrected chi connectivity index (χ4v) is 3.30. The molecule has 0 unspecified atom stereocenters. The summed E-state index contributed by atoms with van der Waals surface area (Å²) in [5.41, 5.74) is 8.92. The van der Waals surface area contributed by atoms with Crippen LogP contribution in [0.15, 0.2) is 35.4 Å². The molecule has 0 bridgehead atoms. The van der Waals surface area contributed by atoms with Gasteiger partial charge in [-0.3, -0.25) is 15.5 Å². The second-order valence-electron chi connectivity index (χ2n) is 5.55. The van der Waals surface area contributed by atoms with Gasteiger partial charge in [0.15, 0.2) is 5.11 Å². The summed E-state index contributed by atoms with van der Waals surface area (Å²) in [4.78, 5) is 10.9. The van der Waals surface area contributed by atoms with Crippen LogP contribution < -0.4 is 11.2 Å². The van der Waals surface area contributed by atoms with Crippen LogP contribution in [0.3, 0.4) is 0 Å². The third kappa shape index (κ3) is 4.49. The van der Waals surface area contributed by atoms with Crippen molar-refractivity contribution in [2.24, 2.45) is 22.7 Å². The highest BCUT2D eigenvalue weighted by Crippen LogP contribution is 2.41. The second-order valence-corrected chi connectivity index (χ2v) is 5.99. The van der Waals surface area contributed by atoms with Crippen LogP contribution in [0.5, 0.6) is 0 Å². The molecule has 0 aliphatic heterocycles. The highest BCUT2D eigenvalue weighted by atomic mass is 32.1. The van der Waals surface area contributed by atoms with Gasteiger partial charge in [0.1, 0.15) is 0 Å². The predicted molar refractivity (Wildman–Crippen MR) is 90.3 cm³/mol. The Morgan fingerprint density at radius 3 is 2.86 bits per heavy atom. The molecule has 0 radical (unpaired) electrons. The maximum absolute atomic E-state index is 11.1. The lowest BCUT2D eigenvalue weighted by Gasteiger charge is -2.24. The van der Waals surface area contributed by atoms with Crippen molar-refractivity contribution in [3.8, 4) is 0 Å². The van der Waals surface area contributed by atoms with Gasteiger partial charge in [-0.25, -0.2) is 0 Å². The Morgan fingerprint density at radius 2 is 2.23 bits per heavy atom. The summed E-state index contributed by atoms with van der Waals surface area (Å²) in [6, 6.07) is 9.71. The van der Waals surface area contributed by atoms with E-state index < -0.39 is 0 Å². The molecular formula is C15H20N4O2S. The van der Waals surface area contributed by atoms with E-state index >= 15 is 0 Å². The lowest BCUT2D eigenvalue weighted by molar-refractivity contribution is -0.485. The number of nitro groups is 1. The third-order valence-electron chi connectivity index (χ3n) is 4.16. The summed E-state index contributed by atoms with van der Waals surface area (Å²) < 4.78 is 0. The van der Waals surface area contributed by atoms with Gasteiger partial charge in [-0.05, 0) is 42.5 Å².